The summed E-state index contributed by atoms with van der Waals surface area (Å²) in [4.78, 5) is 21.1. The van der Waals surface area contributed by atoms with Gasteiger partial charge in [0, 0.05) is 30.5 Å². The second-order valence-corrected chi connectivity index (χ2v) is 5.95. The first-order valence-corrected chi connectivity index (χ1v) is 7.46. The lowest BCUT2D eigenvalue weighted by Crippen LogP contribution is -2.41. The summed E-state index contributed by atoms with van der Waals surface area (Å²) in [5.74, 6) is 0.474. The number of nitrogens with one attached hydrogen (secondary N) is 1. The molecule has 1 atom stereocenters. The maximum atomic E-state index is 12.2. The van der Waals surface area contributed by atoms with Gasteiger partial charge < -0.3 is 11.1 Å². The van der Waals surface area contributed by atoms with E-state index in [2.05, 4.69) is 15.3 Å². The smallest absolute Gasteiger partial charge is 0.263 e. The number of rotatable bonds is 5. The highest BCUT2D eigenvalue weighted by molar-refractivity contribution is 7.16. The van der Waals surface area contributed by atoms with Crippen molar-refractivity contribution in [2.24, 2.45) is 11.7 Å². The highest BCUT2D eigenvalue weighted by Crippen LogP contribution is 2.32. The van der Waals surface area contributed by atoms with Gasteiger partial charge in [0.2, 0.25) is 0 Å². The van der Waals surface area contributed by atoms with Gasteiger partial charge in [-0.3, -0.25) is 9.78 Å². The largest absolute Gasteiger partial charge is 0.347 e. The predicted molar refractivity (Wildman–Crippen MR) is 92.9 cm³/mol. The van der Waals surface area contributed by atoms with Crippen LogP contribution in [-0.4, -0.2) is 28.5 Å². The quantitative estimate of drug-likeness (QED) is 0.858. The summed E-state index contributed by atoms with van der Waals surface area (Å²) in [6.45, 7) is 0.492. The van der Waals surface area contributed by atoms with Gasteiger partial charge in [-0.1, -0.05) is 0 Å². The number of amides is 1. The Bertz CT molecular complexity index is 604. The monoisotopic (exact) mass is 360 g/mol. The van der Waals surface area contributed by atoms with Crippen molar-refractivity contribution < 1.29 is 4.79 Å². The van der Waals surface area contributed by atoms with E-state index in [1.807, 2.05) is 12.1 Å². The molecule has 0 radical (unpaired) electrons. The van der Waals surface area contributed by atoms with Gasteiger partial charge >= 0.3 is 0 Å². The topological polar surface area (TPSA) is 80.9 Å². The molecule has 0 aromatic carbocycles. The molecule has 0 spiro atoms. The van der Waals surface area contributed by atoms with Gasteiger partial charge in [0.05, 0.1) is 6.20 Å². The predicted octanol–water partition coefficient (Wildman–Crippen LogP) is 2.52. The average molecular weight is 361 g/mol. The van der Waals surface area contributed by atoms with Gasteiger partial charge in [-0.15, -0.1) is 36.2 Å². The maximum absolute atomic E-state index is 12.2. The number of hydrogen-bond donors (Lipinski definition) is 2. The molecule has 1 fully saturated rings. The van der Waals surface area contributed by atoms with E-state index in [0.29, 0.717) is 17.3 Å². The zero-order valence-electron chi connectivity index (χ0n) is 11.8. The number of nitrogens with zero attached hydrogens (tertiary/aromatic N) is 2. The van der Waals surface area contributed by atoms with Crippen molar-refractivity contribution in [1.29, 1.82) is 0 Å². The van der Waals surface area contributed by atoms with Gasteiger partial charge in [0.1, 0.15) is 9.88 Å². The molecule has 1 unspecified atom stereocenters. The highest BCUT2D eigenvalue weighted by Gasteiger charge is 2.31. The number of nitrogens with two attached hydrogens (primary N) is 1. The Hall–Kier alpha value is -1.21. The number of carbonyl (C=O) groups excluding carboxylic acids is 1. The SMILES string of the molecule is Cl.Cl.NCC(NC(=O)c1cnc(-c2ccncc2)s1)C1CC1. The molecule has 2 heterocycles. The second kappa shape index (κ2) is 8.43. The molecule has 8 heteroatoms. The van der Waals surface area contributed by atoms with Crippen LogP contribution in [0.1, 0.15) is 22.5 Å². The Kier molecular flexibility index (Phi) is 7.22. The van der Waals surface area contributed by atoms with Gasteiger partial charge in [-0.2, -0.15) is 0 Å². The summed E-state index contributed by atoms with van der Waals surface area (Å²) in [5.41, 5.74) is 6.68. The molecule has 1 aliphatic rings. The molecule has 3 rings (SSSR count). The third kappa shape index (κ3) is 4.39. The minimum Gasteiger partial charge on any atom is -0.347 e. The van der Waals surface area contributed by atoms with Crippen molar-refractivity contribution >= 4 is 42.1 Å². The van der Waals surface area contributed by atoms with Gasteiger partial charge in [0.15, 0.2) is 0 Å². The molecular formula is C14H18Cl2N4OS. The lowest BCUT2D eigenvalue weighted by molar-refractivity contribution is 0.0937. The Morgan fingerprint density at radius 3 is 2.64 bits per heavy atom. The van der Waals surface area contributed by atoms with E-state index in [1.54, 1.807) is 18.6 Å². The first-order valence-electron chi connectivity index (χ1n) is 6.65. The lowest BCUT2D eigenvalue weighted by Gasteiger charge is -2.14. The third-order valence-corrected chi connectivity index (χ3v) is 4.46. The van der Waals surface area contributed by atoms with Crippen LogP contribution in [0.25, 0.3) is 10.6 Å². The van der Waals surface area contributed by atoms with Crippen molar-refractivity contribution in [3.05, 3.63) is 35.6 Å². The molecule has 0 aliphatic heterocycles. The first kappa shape index (κ1) is 18.8. The van der Waals surface area contributed by atoms with Crippen LogP contribution in [0.2, 0.25) is 0 Å². The van der Waals surface area contributed by atoms with Gasteiger partial charge in [-0.05, 0) is 30.9 Å². The minimum atomic E-state index is -0.0786. The summed E-state index contributed by atoms with van der Waals surface area (Å²) < 4.78 is 0. The molecule has 3 N–H and O–H groups in total. The number of thiazole rings is 1. The molecular weight excluding hydrogens is 343 g/mol. The summed E-state index contributed by atoms with van der Waals surface area (Å²) in [7, 11) is 0. The normalized spacial score (nSPS) is 14.4. The van der Waals surface area contributed by atoms with E-state index < -0.39 is 0 Å². The fourth-order valence-corrected chi connectivity index (χ4v) is 2.94. The molecule has 1 amide bonds. The van der Waals surface area contributed by atoms with Crippen molar-refractivity contribution in [3.63, 3.8) is 0 Å². The van der Waals surface area contributed by atoms with Gasteiger partial charge in [-0.25, -0.2) is 4.98 Å². The zero-order valence-corrected chi connectivity index (χ0v) is 14.2. The fraction of sp³-hybridized carbons (Fsp3) is 0.357. The van der Waals surface area contributed by atoms with E-state index >= 15 is 0 Å². The molecule has 1 aliphatic carbocycles. The number of carbonyl (C=O) groups is 1. The highest BCUT2D eigenvalue weighted by atomic mass is 35.5. The minimum absolute atomic E-state index is 0. The van der Waals surface area contributed by atoms with E-state index in [0.717, 1.165) is 23.4 Å². The van der Waals surface area contributed by atoms with Crippen molar-refractivity contribution in [2.75, 3.05) is 6.54 Å². The Morgan fingerprint density at radius 2 is 2.05 bits per heavy atom. The Morgan fingerprint density at radius 1 is 1.36 bits per heavy atom. The van der Waals surface area contributed by atoms with Crippen LogP contribution in [0, 0.1) is 5.92 Å². The van der Waals surface area contributed by atoms with Crippen molar-refractivity contribution in [2.45, 2.75) is 18.9 Å². The molecule has 22 heavy (non-hydrogen) atoms. The van der Waals surface area contributed by atoms with Crippen molar-refractivity contribution in [1.82, 2.24) is 15.3 Å². The summed E-state index contributed by atoms with van der Waals surface area (Å²) in [6.07, 6.45) is 7.37. The lowest BCUT2D eigenvalue weighted by atomic mass is 10.2. The Labute approximate surface area is 145 Å². The first-order chi connectivity index (χ1) is 9.78. The fourth-order valence-electron chi connectivity index (χ4n) is 2.11. The Balaban J connectivity index is 0.00000121. The standard InChI is InChI=1S/C14H16N4OS.2ClH/c15-7-11(9-1-2-9)18-13(19)12-8-17-14(20-12)10-3-5-16-6-4-10;;/h3-6,8-9,11H,1-2,7,15H2,(H,18,19);2*1H. The van der Waals surface area contributed by atoms with Crippen LogP contribution in [-0.2, 0) is 0 Å². The van der Waals surface area contributed by atoms with E-state index in [9.17, 15) is 4.79 Å². The number of aromatic nitrogens is 2. The summed E-state index contributed by atoms with van der Waals surface area (Å²) in [6, 6.07) is 3.86. The van der Waals surface area contributed by atoms with Crippen LogP contribution in [0.15, 0.2) is 30.7 Å². The third-order valence-electron chi connectivity index (χ3n) is 3.42. The summed E-state index contributed by atoms with van der Waals surface area (Å²) in [5, 5.41) is 3.83. The van der Waals surface area contributed by atoms with Gasteiger partial charge in [0.25, 0.3) is 5.91 Å². The van der Waals surface area contributed by atoms with Crippen LogP contribution >= 0.6 is 36.2 Å². The molecule has 0 saturated heterocycles. The molecule has 1 saturated carbocycles. The summed E-state index contributed by atoms with van der Waals surface area (Å²) >= 11 is 1.39. The molecule has 2 aromatic heterocycles. The van der Waals surface area contributed by atoms with E-state index in [1.165, 1.54) is 11.3 Å². The van der Waals surface area contributed by atoms with Crippen LogP contribution in [0.3, 0.4) is 0 Å². The molecule has 0 bridgehead atoms. The average Bonchev–Trinajstić information content (AvgIpc) is 3.21. The van der Waals surface area contributed by atoms with Crippen LogP contribution < -0.4 is 11.1 Å². The second-order valence-electron chi connectivity index (χ2n) is 4.92. The molecule has 120 valence electrons. The van der Waals surface area contributed by atoms with E-state index in [4.69, 9.17) is 5.73 Å². The maximum Gasteiger partial charge on any atom is 0.263 e. The van der Waals surface area contributed by atoms with E-state index in [-0.39, 0.29) is 36.8 Å². The molecule has 5 nitrogen and oxygen atoms in total. The van der Waals surface area contributed by atoms with Crippen LogP contribution in [0.4, 0.5) is 0 Å². The zero-order chi connectivity index (χ0) is 13.9. The number of pyridine rings is 1. The van der Waals surface area contributed by atoms with Crippen LogP contribution in [0.5, 0.6) is 0 Å². The molecule has 2 aromatic rings. The number of halogens is 2. The number of hydrogen-bond acceptors (Lipinski definition) is 5. The van der Waals surface area contributed by atoms with Crippen molar-refractivity contribution in [3.8, 4) is 10.6 Å².